The van der Waals surface area contributed by atoms with Crippen LogP contribution in [0.4, 0.5) is 5.13 Å². The third-order valence-corrected chi connectivity index (χ3v) is 4.76. The molecule has 5 nitrogen and oxygen atoms in total. The van der Waals surface area contributed by atoms with Crippen molar-refractivity contribution in [1.82, 2.24) is 4.98 Å². The number of sulfonamides is 1. The van der Waals surface area contributed by atoms with Gasteiger partial charge in [-0.1, -0.05) is 23.5 Å². The quantitative estimate of drug-likeness (QED) is 0.903. The zero-order chi connectivity index (χ0) is 12.5. The molecule has 2 rings (SSSR count). The Bertz CT molecular complexity index is 639. The van der Waals surface area contributed by atoms with Gasteiger partial charge in [-0.25, -0.2) is 13.4 Å². The van der Waals surface area contributed by atoms with E-state index in [0.29, 0.717) is 3.79 Å². The highest BCUT2D eigenvalue weighted by Gasteiger charge is 2.19. The van der Waals surface area contributed by atoms with E-state index >= 15 is 0 Å². The molecule has 0 aliphatic heterocycles. The number of halogens is 1. The van der Waals surface area contributed by atoms with Gasteiger partial charge in [0.15, 0.2) is 5.13 Å². The van der Waals surface area contributed by atoms with Crippen molar-refractivity contribution in [1.29, 1.82) is 0 Å². The minimum atomic E-state index is -3.80. The second-order valence-corrected chi connectivity index (χ2v) is 7.10. The zero-order valence-electron chi connectivity index (χ0n) is 8.29. The second-order valence-electron chi connectivity index (χ2n) is 3.04. The van der Waals surface area contributed by atoms with E-state index in [2.05, 4.69) is 25.6 Å². The molecule has 0 aliphatic carbocycles. The molecule has 1 aromatic heterocycles. The molecule has 0 unspecified atom stereocenters. The minimum Gasteiger partial charge on any atom is -0.507 e. The van der Waals surface area contributed by atoms with Gasteiger partial charge in [0.05, 0.1) is 9.98 Å². The molecule has 0 radical (unpaired) electrons. The number of phenols is 1. The molecule has 0 bridgehead atoms. The molecule has 1 heterocycles. The third kappa shape index (κ3) is 2.76. The third-order valence-electron chi connectivity index (χ3n) is 1.85. The number of anilines is 1. The number of hydrogen-bond donors (Lipinski definition) is 2. The highest BCUT2D eigenvalue weighted by atomic mass is 79.9. The number of phenolic OH excluding ortho intramolecular Hbond substituents is 1. The lowest BCUT2D eigenvalue weighted by Gasteiger charge is -2.06. The zero-order valence-corrected chi connectivity index (χ0v) is 11.5. The van der Waals surface area contributed by atoms with Crippen LogP contribution < -0.4 is 4.72 Å². The van der Waals surface area contributed by atoms with Gasteiger partial charge in [0, 0.05) is 0 Å². The average Bonchev–Trinajstić information content (AvgIpc) is 2.63. The van der Waals surface area contributed by atoms with Crippen LogP contribution in [-0.4, -0.2) is 18.5 Å². The number of nitrogens with zero attached hydrogens (tertiary/aromatic N) is 1. The van der Waals surface area contributed by atoms with Crippen LogP contribution in [0.15, 0.2) is 39.1 Å². The summed E-state index contributed by atoms with van der Waals surface area (Å²) in [5, 5.41) is 9.72. The summed E-state index contributed by atoms with van der Waals surface area (Å²) in [6.45, 7) is 0. The Morgan fingerprint density at radius 3 is 2.65 bits per heavy atom. The summed E-state index contributed by atoms with van der Waals surface area (Å²) in [5.41, 5.74) is 0. The molecule has 2 aromatic rings. The number of hydrogen-bond acceptors (Lipinski definition) is 5. The summed E-state index contributed by atoms with van der Waals surface area (Å²) >= 11 is 4.33. The highest BCUT2D eigenvalue weighted by molar-refractivity contribution is 9.11. The van der Waals surface area contributed by atoms with Crippen molar-refractivity contribution in [2.75, 3.05) is 4.72 Å². The van der Waals surface area contributed by atoms with E-state index in [-0.39, 0.29) is 15.8 Å². The smallest absolute Gasteiger partial charge is 0.267 e. The maximum atomic E-state index is 11.9. The standard InChI is InChI=1S/C9H7BrN2O3S2/c10-8-5-11-9(16-8)12-17(14,15)7-4-2-1-3-6(7)13/h1-5,13H,(H,11,12). The SMILES string of the molecule is O=S(=O)(Nc1ncc(Br)s1)c1ccccc1O. The van der Waals surface area contributed by atoms with Gasteiger partial charge in [-0.2, -0.15) is 0 Å². The molecule has 0 atom stereocenters. The van der Waals surface area contributed by atoms with Gasteiger partial charge >= 0.3 is 0 Å². The van der Waals surface area contributed by atoms with E-state index in [4.69, 9.17) is 0 Å². The molecule has 1 aromatic carbocycles. The van der Waals surface area contributed by atoms with Gasteiger partial charge in [0.1, 0.15) is 10.6 Å². The molecule has 2 N–H and O–H groups in total. The molecule has 90 valence electrons. The van der Waals surface area contributed by atoms with Gasteiger partial charge in [0.25, 0.3) is 10.0 Å². The Labute approximate surface area is 110 Å². The summed E-state index contributed by atoms with van der Waals surface area (Å²) in [4.78, 5) is 3.68. The number of aromatic nitrogens is 1. The molecular formula is C9H7BrN2O3S2. The first-order valence-corrected chi connectivity index (χ1v) is 7.50. The van der Waals surface area contributed by atoms with Crippen LogP contribution in [0, 0.1) is 0 Å². The van der Waals surface area contributed by atoms with Crippen LogP contribution in [0.25, 0.3) is 0 Å². The van der Waals surface area contributed by atoms with E-state index in [0.717, 1.165) is 11.3 Å². The fourth-order valence-corrected chi connectivity index (χ4v) is 3.60. The number of nitrogens with one attached hydrogen (secondary N) is 1. The highest BCUT2D eigenvalue weighted by Crippen LogP contribution is 2.28. The van der Waals surface area contributed by atoms with Crippen LogP contribution in [0.3, 0.4) is 0 Å². The molecule has 0 aliphatic rings. The largest absolute Gasteiger partial charge is 0.507 e. The summed E-state index contributed by atoms with van der Waals surface area (Å²) < 4.78 is 26.8. The lowest BCUT2D eigenvalue weighted by molar-refractivity contribution is 0.459. The maximum Gasteiger partial charge on any atom is 0.267 e. The molecule has 0 saturated heterocycles. The minimum absolute atomic E-state index is 0.175. The normalized spacial score (nSPS) is 11.4. The summed E-state index contributed by atoms with van der Waals surface area (Å²) in [6.07, 6.45) is 1.49. The molecule has 0 fully saturated rings. The Balaban J connectivity index is 2.35. The first-order chi connectivity index (χ1) is 7.99. The summed E-state index contributed by atoms with van der Waals surface area (Å²) in [7, 11) is -3.80. The lowest BCUT2D eigenvalue weighted by Crippen LogP contribution is -2.12. The van der Waals surface area contributed by atoms with Gasteiger partial charge in [-0.05, 0) is 28.1 Å². The first-order valence-electron chi connectivity index (χ1n) is 4.41. The van der Waals surface area contributed by atoms with Gasteiger partial charge < -0.3 is 5.11 Å². The first kappa shape index (κ1) is 12.3. The Morgan fingerprint density at radius 2 is 2.06 bits per heavy atom. The maximum absolute atomic E-state index is 11.9. The van der Waals surface area contributed by atoms with Gasteiger partial charge in [-0.3, -0.25) is 4.72 Å². The number of aromatic hydroxyl groups is 1. The Kier molecular flexibility index (Phi) is 3.36. The molecule has 8 heteroatoms. The van der Waals surface area contributed by atoms with Crippen LogP contribution in [-0.2, 0) is 10.0 Å². The van der Waals surface area contributed by atoms with E-state index in [1.165, 1.54) is 24.4 Å². The van der Waals surface area contributed by atoms with Crippen LogP contribution >= 0.6 is 27.3 Å². The fraction of sp³-hybridized carbons (Fsp3) is 0. The molecule has 0 saturated carbocycles. The van der Waals surface area contributed by atoms with Crippen molar-refractivity contribution in [2.24, 2.45) is 0 Å². The van der Waals surface area contributed by atoms with Crippen LogP contribution in [0.1, 0.15) is 0 Å². The molecule has 17 heavy (non-hydrogen) atoms. The van der Waals surface area contributed by atoms with E-state index < -0.39 is 10.0 Å². The number of rotatable bonds is 3. The topological polar surface area (TPSA) is 79.3 Å². The predicted octanol–water partition coefficient (Wildman–Crippen LogP) is 2.41. The number of thiazole rings is 1. The lowest BCUT2D eigenvalue weighted by atomic mass is 10.3. The Morgan fingerprint density at radius 1 is 1.35 bits per heavy atom. The second kappa shape index (κ2) is 4.63. The number of benzene rings is 1. The van der Waals surface area contributed by atoms with E-state index in [9.17, 15) is 13.5 Å². The molecular weight excluding hydrogens is 328 g/mol. The van der Waals surface area contributed by atoms with Crippen LogP contribution in [0.5, 0.6) is 5.75 Å². The van der Waals surface area contributed by atoms with Crippen molar-refractivity contribution in [2.45, 2.75) is 4.90 Å². The summed E-state index contributed by atoms with van der Waals surface area (Å²) in [5.74, 6) is -0.296. The van der Waals surface area contributed by atoms with E-state index in [1.54, 1.807) is 6.07 Å². The van der Waals surface area contributed by atoms with Crippen molar-refractivity contribution in [3.05, 3.63) is 34.2 Å². The van der Waals surface area contributed by atoms with E-state index in [1.807, 2.05) is 0 Å². The van der Waals surface area contributed by atoms with Crippen molar-refractivity contribution < 1.29 is 13.5 Å². The monoisotopic (exact) mass is 334 g/mol. The average molecular weight is 335 g/mol. The molecule has 0 spiro atoms. The van der Waals surface area contributed by atoms with Gasteiger partial charge in [-0.15, -0.1) is 0 Å². The van der Waals surface area contributed by atoms with Crippen molar-refractivity contribution in [3.63, 3.8) is 0 Å². The number of para-hydroxylation sites is 1. The van der Waals surface area contributed by atoms with Gasteiger partial charge in [0.2, 0.25) is 0 Å². The summed E-state index contributed by atoms with van der Waals surface area (Å²) in [6, 6.07) is 5.72. The Hall–Kier alpha value is -1.12. The molecule has 0 amide bonds. The van der Waals surface area contributed by atoms with Crippen molar-refractivity contribution in [3.8, 4) is 5.75 Å². The van der Waals surface area contributed by atoms with Crippen molar-refractivity contribution >= 4 is 42.4 Å². The van der Waals surface area contributed by atoms with Crippen LogP contribution in [0.2, 0.25) is 0 Å². The fourth-order valence-electron chi connectivity index (χ4n) is 1.16. The predicted molar refractivity (Wildman–Crippen MR) is 68.7 cm³/mol.